The number of hydrogen-bond donors (Lipinski definition) is 1. The summed E-state index contributed by atoms with van der Waals surface area (Å²) in [5.74, 6) is 1.18. The first-order valence-electron chi connectivity index (χ1n) is 4.91. The van der Waals surface area contributed by atoms with Crippen molar-refractivity contribution in [1.82, 2.24) is 9.55 Å². The number of aryl methyl sites for hydroxylation is 1. The highest BCUT2D eigenvalue weighted by Gasteiger charge is 2.11. The van der Waals surface area contributed by atoms with E-state index in [-0.39, 0.29) is 0 Å². The fourth-order valence-corrected chi connectivity index (χ4v) is 1.64. The summed E-state index contributed by atoms with van der Waals surface area (Å²) in [6, 6.07) is 3.91. The minimum Gasteiger partial charge on any atom is -0.506 e. The molecule has 0 atom stereocenters. The molecule has 78 valence electrons. The van der Waals surface area contributed by atoms with Gasteiger partial charge in [-0.2, -0.15) is 0 Å². The lowest BCUT2D eigenvalue weighted by Gasteiger charge is -2.12. The minimum absolute atomic E-state index is 0.295. The van der Waals surface area contributed by atoms with Gasteiger partial charge in [0, 0.05) is 12.4 Å². The number of hydrogen-bond acceptors (Lipinski definition) is 2. The van der Waals surface area contributed by atoms with Crippen molar-refractivity contribution in [3.8, 4) is 11.6 Å². The summed E-state index contributed by atoms with van der Waals surface area (Å²) in [6.07, 6.45) is 3.90. The summed E-state index contributed by atoms with van der Waals surface area (Å²) in [5, 5.41) is 9.74. The van der Waals surface area contributed by atoms with Gasteiger partial charge in [0.15, 0.2) is 0 Å². The van der Waals surface area contributed by atoms with Gasteiger partial charge in [0.05, 0.1) is 5.69 Å². The van der Waals surface area contributed by atoms with E-state index in [1.54, 1.807) is 0 Å². The number of aromatic hydroxyl groups is 1. The highest BCUT2D eigenvalue weighted by Crippen LogP contribution is 2.26. The molecule has 0 saturated heterocycles. The molecule has 0 amide bonds. The zero-order chi connectivity index (χ0) is 11.0. The number of aromatic nitrogens is 2. The summed E-state index contributed by atoms with van der Waals surface area (Å²) in [6.45, 7) is 5.69. The molecule has 0 aliphatic rings. The number of rotatable bonds is 1. The van der Waals surface area contributed by atoms with Crippen molar-refractivity contribution in [2.75, 3.05) is 0 Å². The van der Waals surface area contributed by atoms with Crippen LogP contribution in [-0.2, 0) is 0 Å². The van der Waals surface area contributed by atoms with E-state index < -0.39 is 0 Å². The summed E-state index contributed by atoms with van der Waals surface area (Å²) in [7, 11) is 0. The molecule has 0 unspecified atom stereocenters. The lowest BCUT2D eigenvalue weighted by molar-refractivity contribution is 0.462. The Morgan fingerprint density at radius 1 is 1.07 bits per heavy atom. The average Bonchev–Trinajstić information content (AvgIpc) is 2.73. The Bertz CT molecular complexity index is 487. The predicted molar refractivity (Wildman–Crippen MR) is 59.4 cm³/mol. The lowest BCUT2D eigenvalue weighted by Crippen LogP contribution is -2.02. The third kappa shape index (κ3) is 1.50. The smallest absolute Gasteiger partial charge is 0.140 e. The van der Waals surface area contributed by atoms with Crippen LogP contribution in [0.5, 0.6) is 5.75 Å². The van der Waals surface area contributed by atoms with E-state index in [2.05, 4.69) is 4.98 Å². The van der Waals surface area contributed by atoms with Crippen LogP contribution in [0.25, 0.3) is 5.82 Å². The van der Waals surface area contributed by atoms with E-state index in [1.165, 1.54) is 0 Å². The van der Waals surface area contributed by atoms with Crippen molar-refractivity contribution in [2.24, 2.45) is 0 Å². The van der Waals surface area contributed by atoms with Crippen molar-refractivity contribution in [2.45, 2.75) is 20.8 Å². The Balaban J connectivity index is 2.69. The number of nitrogens with zero attached hydrogens (tertiary/aromatic N) is 2. The van der Waals surface area contributed by atoms with Gasteiger partial charge in [0.25, 0.3) is 0 Å². The van der Waals surface area contributed by atoms with Crippen molar-refractivity contribution < 1.29 is 5.11 Å². The van der Waals surface area contributed by atoms with Crippen LogP contribution >= 0.6 is 0 Å². The normalized spacial score (nSPS) is 10.6. The van der Waals surface area contributed by atoms with Gasteiger partial charge in [0.2, 0.25) is 0 Å². The average molecular weight is 202 g/mol. The molecule has 15 heavy (non-hydrogen) atoms. The Hall–Kier alpha value is -1.77. The summed E-state index contributed by atoms with van der Waals surface area (Å²) in [5.41, 5.74) is 2.57. The molecule has 0 aliphatic carbocycles. The summed E-state index contributed by atoms with van der Waals surface area (Å²) >= 11 is 0. The molecule has 2 heterocycles. The molecule has 2 aromatic rings. The maximum atomic E-state index is 9.74. The number of pyridine rings is 1. The van der Waals surface area contributed by atoms with Gasteiger partial charge in [-0.15, -0.1) is 0 Å². The maximum Gasteiger partial charge on any atom is 0.140 e. The molecule has 0 spiro atoms. The molecule has 2 aromatic heterocycles. The minimum atomic E-state index is 0.295. The Morgan fingerprint density at radius 3 is 2.27 bits per heavy atom. The van der Waals surface area contributed by atoms with E-state index >= 15 is 0 Å². The molecule has 0 aliphatic heterocycles. The largest absolute Gasteiger partial charge is 0.506 e. The highest BCUT2D eigenvalue weighted by molar-refractivity contribution is 5.48. The van der Waals surface area contributed by atoms with Gasteiger partial charge < -0.3 is 9.67 Å². The molecular weight excluding hydrogens is 188 g/mol. The van der Waals surface area contributed by atoms with E-state index in [9.17, 15) is 5.11 Å². The topological polar surface area (TPSA) is 38.0 Å². The molecule has 1 N–H and O–H groups in total. The van der Waals surface area contributed by atoms with Crippen molar-refractivity contribution in [3.63, 3.8) is 0 Å². The van der Waals surface area contributed by atoms with E-state index in [1.807, 2.05) is 49.9 Å². The van der Waals surface area contributed by atoms with Crippen molar-refractivity contribution in [1.29, 1.82) is 0 Å². The van der Waals surface area contributed by atoms with Gasteiger partial charge in [-0.25, -0.2) is 4.98 Å². The van der Waals surface area contributed by atoms with E-state index in [0.717, 1.165) is 16.9 Å². The van der Waals surface area contributed by atoms with Crippen LogP contribution in [0.15, 0.2) is 24.5 Å². The molecule has 3 heteroatoms. The highest BCUT2D eigenvalue weighted by atomic mass is 16.3. The zero-order valence-electron chi connectivity index (χ0n) is 9.15. The van der Waals surface area contributed by atoms with Gasteiger partial charge in [-0.1, -0.05) is 0 Å². The fraction of sp³-hybridized carbons (Fsp3) is 0.250. The quantitative estimate of drug-likeness (QED) is 0.771. The van der Waals surface area contributed by atoms with Crippen LogP contribution in [0.2, 0.25) is 0 Å². The van der Waals surface area contributed by atoms with Crippen LogP contribution in [-0.4, -0.2) is 14.7 Å². The van der Waals surface area contributed by atoms with E-state index in [0.29, 0.717) is 11.4 Å². The Kier molecular flexibility index (Phi) is 2.23. The molecule has 3 nitrogen and oxygen atoms in total. The van der Waals surface area contributed by atoms with Crippen LogP contribution in [0, 0.1) is 20.8 Å². The Morgan fingerprint density at radius 2 is 1.67 bits per heavy atom. The van der Waals surface area contributed by atoms with Crippen molar-refractivity contribution >= 4 is 0 Å². The van der Waals surface area contributed by atoms with Gasteiger partial charge in [-0.3, -0.25) is 0 Å². The van der Waals surface area contributed by atoms with Gasteiger partial charge >= 0.3 is 0 Å². The zero-order valence-corrected chi connectivity index (χ0v) is 9.15. The van der Waals surface area contributed by atoms with Crippen LogP contribution in [0.4, 0.5) is 0 Å². The molecule has 0 fully saturated rings. The first kappa shape index (κ1) is 9.77. The molecule has 2 rings (SSSR count). The third-order valence-electron chi connectivity index (χ3n) is 2.72. The van der Waals surface area contributed by atoms with Gasteiger partial charge in [0.1, 0.15) is 11.6 Å². The summed E-state index contributed by atoms with van der Waals surface area (Å²) < 4.78 is 1.95. The van der Waals surface area contributed by atoms with Crippen LogP contribution in [0.1, 0.15) is 16.8 Å². The second kappa shape index (κ2) is 3.42. The third-order valence-corrected chi connectivity index (χ3v) is 2.72. The van der Waals surface area contributed by atoms with Crippen LogP contribution < -0.4 is 0 Å². The van der Waals surface area contributed by atoms with E-state index in [4.69, 9.17) is 0 Å². The second-order valence-corrected chi connectivity index (χ2v) is 3.71. The fourth-order valence-electron chi connectivity index (χ4n) is 1.64. The van der Waals surface area contributed by atoms with Crippen LogP contribution in [0.3, 0.4) is 0 Å². The molecule has 0 radical (unpaired) electrons. The standard InChI is InChI=1S/C12H14N2O/c1-8-9(2)12(13-10(3)11(8)15)14-6-4-5-7-14/h4-7,15H,1-3H3. The lowest BCUT2D eigenvalue weighted by atomic mass is 10.1. The molecule has 0 saturated carbocycles. The first-order valence-corrected chi connectivity index (χ1v) is 4.91. The molecule has 0 aromatic carbocycles. The Labute approximate surface area is 89.0 Å². The summed E-state index contributed by atoms with van der Waals surface area (Å²) in [4.78, 5) is 4.39. The maximum absolute atomic E-state index is 9.74. The van der Waals surface area contributed by atoms with Gasteiger partial charge in [-0.05, 0) is 44.0 Å². The second-order valence-electron chi connectivity index (χ2n) is 3.71. The monoisotopic (exact) mass is 202 g/mol. The molecular formula is C12H14N2O. The van der Waals surface area contributed by atoms with Crippen molar-refractivity contribution in [3.05, 3.63) is 41.3 Å². The first-order chi connectivity index (χ1) is 7.11. The predicted octanol–water partition coefficient (Wildman–Crippen LogP) is 2.50. The molecule has 0 bridgehead atoms. The SMILES string of the molecule is Cc1nc(-n2cccc2)c(C)c(C)c1O.